The van der Waals surface area contributed by atoms with E-state index in [9.17, 15) is 0 Å². The fourth-order valence-electron chi connectivity index (χ4n) is 4.27. The summed E-state index contributed by atoms with van der Waals surface area (Å²) >= 11 is 2.22. The van der Waals surface area contributed by atoms with Gasteiger partial charge >= 0.3 is 0 Å². The number of guanidine groups is 1. The third-order valence-corrected chi connectivity index (χ3v) is 7.27. The van der Waals surface area contributed by atoms with Gasteiger partial charge in [-0.3, -0.25) is 4.99 Å². The molecule has 0 aromatic carbocycles. The maximum atomic E-state index is 5.81. The van der Waals surface area contributed by atoms with E-state index in [0.29, 0.717) is 10.7 Å². The van der Waals surface area contributed by atoms with Gasteiger partial charge in [0.15, 0.2) is 5.96 Å². The largest absolute Gasteiger partial charge is 0.381 e. The third-order valence-electron chi connectivity index (χ3n) is 5.73. The lowest BCUT2D eigenvalue weighted by Gasteiger charge is -2.45. The Labute approximate surface area is 186 Å². The van der Waals surface area contributed by atoms with Gasteiger partial charge in [0.1, 0.15) is 0 Å². The predicted octanol–water partition coefficient (Wildman–Crippen LogP) is 3.76. The average molecular weight is 512 g/mol. The lowest BCUT2D eigenvalue weighted by atomic mass is 9.87. The molecule has 1 spiro atoms. The smallest absolute Gasteiger partial charge is 0.193 e. The van der Waals surface area contributed by atoms with Gasteiger partial charge in [-0.25, -0.2) is 0 Å². The van der Waals surface area contributed by atoms with Crippen LogP contribution in [-0.4, -0.2) is 74.0 Å². The number of aliphatic imine (C=N–C) groups is 1. The number of nitrogens with zero attached hydrogens (tertiary/aromatic N) is 2. The third kappa shape index (κ3) is 7.55. The van der Waals surface area contributed by atoms with Crippen LogP contribution in [0.5, 0.6) is 0 Å². The molecule has 27 heavy (non-hydrogen) atoms. The van der Waals surface area contributed by atoms with Gasteiger partial charge in [0, 0.05) is 55.8 Å². The Bertz CT molecular complexity index is 435. The zero-order valence-corrected chi connectivity index (χ0v) is 20.1. The molecule has 5 nitrogen and oxygen atoms in total. The highest BCUT2D eigenvalue weighted by Gasteiger charge is 2.38. The minimum absolute atomic E-state index is 0. The zero-order chi connectivity index (χ0) is 18.1. The van der Waals surface area contributed by atoms with E-state index >= 15 is 0 Å². The summed E-state index contributed by atoms with van der Waals surface area (Å²) in [6.07, 6.45) is 9.13. The lowest BCUT2D eigenvalue weighted by molar-refractivity contribution is 0.0893. The van der Waals surface area contributed by atoms with Crippen LogP contribution in [0.3, 0.4) is 0 Å². The van der Waals surface area contributed by atoms with Crippen LogP contribution < -0.4 is 5.32 Å². The van der Waals surface area contributed by atoms with E-state index in [4.69, 9.17) is 14.5 Å². The molecular weight excluding hydrogens is 473 g/mol. The summed E-state index contributed by atoms with van der Waals surface area (Å²) in [6, 6.07) is 0. The van der Waals surface area contributed by atoms with Gasteiger partial charge in [-0.2, -0.15) is 11.8 Å². The molecule has 1 atom stereocenters. The maximum absolute atomic E-state index is 5.81. The highest BCUT2D eigenvalue weighted by atomic mass is 127. The molecule has 0 radical (unpaired) electrons. The van der Waals surface area contributed by atoms with Gasteiger partial charge in [-0.05, 0) is 32.6 Å². The van der Waals surface area contributed by atoms with Crippen LogP contribution in [0.4, 0.5) is 0 Å². The summed E-state index contributed by atoms with van der Waals surface area (Å²) < 4.78 is 11.7. The number of thioether (sulfide) groups is 1. The molecule has 7 heteroatoms. The van der Waals surface area contributed by atoms with Crippen LogP contribution in [0, 0.1) is 5.92 Å². The Kier molecular flexibility index (Phi) is 11.1. The number of ether oxygens (including phenoxy) is 2. The highest BCUT2D eigenvalue weighted by molar-refractivity contribution is 14.0. The van der Waals surface area contributed by atoms with Crippen LogP contribution in [0.15, 0.2) is 4.99 Å². The van der Waals surface area contributed by atoms with Crippen molar-refractivity contribution in [1.82, 2.24) is 10.2 Å². The number of rotatable bonds is 7. The van der Waals surface area contributed by atoms with Crippen molar-refractivity contribution in [1.29, 1.82) is 0 Å². The summed E-state index contributed by atoms with van der Waals surface area (Å²) in [6.45, 7) is 9.66. The lowest BCUT2D eigenvalue weighted by Crippen LogP contribution is -2.53. The van der Waals surface area contributed by atoms with Crippen molar-refractivity contribution >= 4 is 41.7 Å². The highest BCUT2D eigenvalue weighted by Crippen LogP contribution is 2.42. The number of nitrogens with one attached hydrogen (secondary N) is 1. The first kappa shape index (κ1) is 23.5. The van der Waals surface area contributed by atoms with E-state index < -0.39 is 0 Å². The van der Waals surface area contributed by atoms with Crippen LogP contribution >= 0.6 is 35.7 Å². The van der Waals surface area contributed by atoms with Crippen molar-refractivity contribution in [2.75, 3.05) is 58.4 Å². The SMILES string of the molecule is CCNC(=NCCCOCC1CCOC1)N1CCSC2(CCCCC2)C1.I. The number of hydrogen-bond acceptors (Lipinski definition) is 4. The second-order valence-electron chi connectivity index (χ2n) is 7.91. The Morgan fingerprint density at radius 3 is 2.93 bits per heavy atom. The molecule has 2 saturated heterocycles. The van der Waals surface area contributed by atoms with Crippen LogP contribution in [-0.2, 0) is 9.47 Å². The van der Waals surface area contributed by atoms with E-state index in [2.05, 4.69) is 28.9 Å². The van der Waals surface area contributed by atoms with Crippen molar-refractivity contribution in [3.63, 3.8) is 0 Å². The topological polar surface area (TPSA) is 46.1 Å². The van der Waals surface area contributed by atoms with Crippen molar-refractivity contribution in [3.05, 3.63) is 0 Å². The molecule has 1 N–H and O–H groups in total. The number of halogens is 1. The van der Waals surface area contributed by atoms with Gasteiger partial charge in [-0.1, -0.05) is 19.3 Å². The monoisotopic (exact) mass is 511 g/mol. The summed E-state index contributed by atoms with van der Waals surface area (Å²) in [5, 5.41) is 3.52. The Morgan fingerprint density at radius 1 is 1.33 bits per heavy atom. The second kappa shape index (κ2) is 12.8. The average Bonchev–Trinajstić information content (AvgIpc) is 3.18. The van der Waals surface area contributed by atoms with Gasteiger partial charge in [-0.15, -0.1) is 24.0 Å². The Balaban J connectivity index is 0.00000261. The van der Waals surface area contributed by atoms with E-state index in [1.54, 1.807) is 0 Å². The minimum atomic E-state index is 0. The molecule has 0 amide bonds. The van der Waals surface area contributed by atoms with Gasteiger partial charge in [0.05, 0.1) is 13.2 Å². The molecule has 1 saturated carbocycles. The van der Waals surface area contributed by atoms with Crippen molar-refractivity contribution in [2.45, 2.75) is 56.6 Å². The molecule has 3 rings (SSSR count). The molecule has 0 aromatic rings. The van der Waals surface area contributed by atoms with E-state index in [1.807, 2.05) is 0 Å². The summed E-state index contributed by atoms with van der Waals surface area (Å²) in [5.41, 5.74) is 0. The molecule has 0 bridgehead atoms. The molecule has 0 aromatic heterocycles. The van der Waals surface area contributed by atoms with Gasteiger partial charge in [0.25, 0.3) is 0 Å². The zero-order valence-electron chi connectivity index (χ0n) is 16.9. The first-order chi connectivity index (χ1) is 12.8. The molecule has 3 aliphatic rings. The van der Waals surface area contributed by atoms with Crippen molar-refractivity contribution in [2.24, 2.45) is 10.9 Å². The van der Waals surface area contributed by atoms with E-state index in [0.717, 1.165) is 64.9 Å². The molecular formula is C20H38IN3O2S. The summed E-state index contributed by atoms with van der Waals surface area (Å²) in [7, 11) is 0. The maximum Gasteiger partial charge on any atom is 0.193 e. The standard InChI is InChI=1S/C20H37N3O2S.HI/c1-2-21-19(22-10-6-12-24-15-18-7-13-25-16-18)23-11-14-26-20(17-23)8-4-3-5-9-20;/h18H,2-17H2,1H3,(H,21,22);1H. The first-order valence-electron chi connectivity index (χ1n) is 10.6. The molecule has 2 aliphatic heterocycles. The van der Waals surface area contributed by atoms with Crippen LogP contribution in [0.2, 0.25) is 0 Å². The molecule has 3 fully saturated rings. The normalized spacial score (nSPS) is 25.4. The first-order valence-corrected chi connectivity index (χ1v) is 11.6. The van der Waals surface area contributed by atoms with Crippen molar-refractivity contribution in [3.8, 4) is 0 Å². The summed E-state index contributed by atoms with van der Waals surface area (Å²) in [5.74, 6) is 2.95. The number of hydrogen-bond donors (Lipinski definition) is 1. The van der Waals surface area contributed by atoms with E-state index in [1.165, 1.54) is 44.4 Å². The predicted molar refractivity (Wildman–Crippen MR) is 126 cm³/mol. The molecule has 2 heterocycles. The fourth-order valence-corrected chi connectivity index (χ4v) is 5.84. The van der Waals surface area contributed by atoms with E-state index in [-0.39, 0.29) is 24.0 Å². The molecule has 1 unspecified atom stereocenters. The Morgan fingerprint density at radius 2 is 2.19 bits per heavy atom. The van der Waals surface area contributed by atoms with Crippen LogP contribution in [0.1, 0.15) is 51.9 Å². The molecule has 158 valence electrons. The summed E-state index contributed by atoms with van der Waals surface area (Å²) in [4.78, 5) is 7.42. The quantitative estimate of drug-likeness (QED) is 0.244. The van der Waals surface area contributed by atoms with Gasteiger partial charge in [0.2, 0.25) is 0 Å². The molecule has 1 aliphatic carbocycles. The van der Waals surface area contributed by atoms with Gasteiger partial charge < -0.3 is 19.7 Å². The second-order valence-corrected chi connectivity index (χ2v) is 9.47. The van der Waals surface area contributed by atoms with Crippen molar-refractivity contribution < 1.29 is 9.47 Å². The Hall–Kier alpha value is 0.270. The minimum Gasteiger partial charge on any atom is -0.381 e. The fraction of sp³-hybridized carbons (Fsp3) is 0.950. The van der Waals surface area contributed by atoms with Crippen LogP contribution in [0.25, 0.3) is 0 Å².